The molecule has 0 unspecified atom stereocenters. The van der Waals surface area contributed by atoms with Gasteiger partial charge in [-0.3, -0.25) is 4.90 Å². The fourth-order valence-corrected chi connectivity index (χ4v) is 2.28. The normalized spacial score (nSPS) is 16.3. The quantitative estimate of drug-likeness (QED) is 0.842. The SMILES string of the molecule is COC[C@H](Cc1ccccc1)N(C(=O)O)C1CC1. The van der Waals surface area contributed by atoms with Crippen molar-refractivity contribution in [2.75, 3.05) is 13.7 Å². The Bertz CT molecular complexity index is 389. The second kappa shape index (κ2) is 5.87. The molecule has 1 amide bonds. The van der Waals surface area contributed by atoms with E-state index in [0.717, 1.165) is 18.4 Å². The third-order valence-electron chi connectivity index (χ3n) is 3.23. The molecule has 0 bridgehead atoms. The third-order valence-corrected chi connectivity index (χ3v) is 3.23. The second-order valence-corrected chi connectivity index (χ2v) is 4.72. The molecule has 1 aliphatic rings. The van der Waals surface area contributed by atoms with Crippen LogP contribution in [0.3, 0.4) is 0 Å². The summed E-state index contributed by atoms with van der Waals surface area (Å²) >= 11 is 0. The van der Waals surface area contributed by atoms with E-state index in [0.29, 0.717) is 13.0 Å². The maximum atomic E-state index is 11.4. The first kappa shape index (κ1) is 12.9. The lowest BCUT2D eigenvalue weighted by molar-refractivity contribution is 0.0755. The standard InChI is InChI=1S/C14H19NO3/c1-18-10-13(9-11-5-3-2-4-6-11)15(14(16)17)12-7-8-12/h2-6,12-13H,7-10H2,1H3,(H,16,17)/t13-/m0/s1. The first-order chi connectivity index (χ1) is 8.72. The summed E-state index contributed by atoms with van der Waals surface area (Å²) in [5, 5.41) is 9.33. The van der Waals surface area contributed by atoms with Crippen molar-refractivity contribution in [1.82, 2.24) is 4.90 Å². The number of ether oxygens (including phenoxy) is 1. The van der Waals surface area contributed by atoms with Gasteiger partial charge < -0.3 is 9.84 Å². The zero-order valence-corrected chi connectivity index (χ0v) is 10.6. The molecule has 2 rings (SSSR count). The van der Waals surface area contributed by atoms with Gasteiger partial charge in [0.1, 0.15) is 0 Å². The van der Waals surface area contributed by atoms with Gasteiger partial charge in [0.2, 0.25) is 0 Å². The molecule has 1 aromatic carbocycles. The summed E-state index contributed by atoms with van der Waals surface area (Å²) in [7, 11) is 1.62. The van der Waals surface area contributed by atoms with Crippen LogP contribution >= 0.6 is 0 Å². The van der Waals surface area contributed by atoms with Crippen molar-refractivity contribution in [1.29, 1.82) is 0 Å². The van der Waals surface area contributed by atoms with Crippen LogP contribution in [0.4, 0.5) is 4.79 Å². The molecule has 0 aromatic heterocycles. The fourth-order valence-electron chi connectivity index (χ4n) is 2.28. The Morgan fingerprint density at radius 1 is 1.44 bits per heavy atom. The van der Waals surface area contributed by atoms with E-state index >= 15 is 0 Å². The lowest BCUT2D eigenvalue weighted by atomic mass is 10.1. The summed E-state index contributed by atoms with van der Waals surface area (Å²) in [4.78, 5) is 12.9. The van der Waals surface area contributed by atoms with Crippen molar-refractivity contribution in [3.05, 3.63) is 35.9 Å². The van der Waals surface area contributed by atoms with Crippen molar-refractivity contribution < 1.29 is 14.6 Å². The average Bonchev–Trinajstić information content (AvgIpc) is 3.15. The maximum Gasteiger partial charge on any atom is 0.407 e. The summed E-state index contributed by atoms with van der Waals surface area (Å²) in [6.45, 7) is 0.442. The zero-order valence-electron chi connectivity index (χ0n) is 10.6. The molecule has 98 valence electrons. The summed E-state index contributed by atoms with van der Waals surface area (Å²) in [5.41, 5.74) is 1.14. The summed E-state index contributed by atoms with van der Waals surface area (Å²) < 4.78 is 5.18. The van der Waals surface area contributed by atoms with E-state index in [1.807, 2.05) is 30.3 Å². The highest BCUT2D eigenvalue weighted by Gasteiger charge is 2.37. The Kier molecular flexibility index (Phi) is 4.20. The lowest BCUT2D eigenvalue weighted by Gasteiger charge is -2.29. The Balaban J connectivity index is 2.08. The summed E-state index contributed by atoms with van der Waals surface area (Å²) in [5.74, 6) is 0. The Labute approximate surface area is 107 Å². The maximum absolute atomic E-state index is 11.4. The molecule has 4 nitrogen and oxygen atoms in total. The molecule has 0 saturated heterocycles. The average molecular weight is 249 g/mol. The van der Waals surface area contributed by atoms with Crippen LogP contribution in [0, 0.1) is 0 Å². The van der Waals surface area contributed by atoms with Crippen molar-refractivity contribution >= 4 is 6.09 Å². The number of rotatable bonds is 6. The van der Waals surface area contributed by atoms with E-state index in [-0.39, 0.29) is 12.1 Å². The number of benzene rings is 1. The van der Waals surface area contributed by atoms with Crippen molar-refractivity contribution in [3.8, 4) is 0 Å². The van der Waals surface area contributed by atoms with E-state index in [4.69, 9.17) is 4.74 Å². The molecular formula is C14H19NO3. The minimum atomic E-state index is -0.838. The van der Waals surface area contributed by atoms with Gasteiger partial charge >= 0.3 is 6.09 Å². The monoisotopic (exact) mass is 249 g/mol. The van der Waals surface area contributed by atoms with E-state index in [1.54, 1.807) is 12.0 Å². The molecular weight excluding hydrogens is 230 g/mol. The highest BCUT2D eigenvalue weighted by atomic mass is 16.5. The molecule has 1 saturated carbocycles. The smallest absolute Gasteiger partial charge is 0.407 e. The number of methoxy groups -OCH3 is 1. The number of hydrogen-bond acceptors (Lipinski definition) is 2. The topological polar surface area (TPSA) is 49.8 Å². The second-order valence-electron chi connectivity index (χ2n) is 4.72. The number of nitrogens with zero attached hydrogens (tertiary/aromatic N) is 1. The van der Waals surface area contributed by atoms with E-state index in [1.165, 1.54) is 0 Å². The van der Waals surface area contributed by atoms with Crippen LogP contribution in [0.2, 0.25) is 0 Å². The third kappa shape index (κ3) is 3.23. The van der Waals surface area contributed by atoms with Crippen LogP contribution < -0.4 is 0 Å². The van der Waals surface area contributed by atoms with Crippen molar-refractivity contribution in [2.24, 2.45) is 0 Å². The molecule has 1 aromatic rings. The predicted octanol–water partition coefficient (Wildman–Crippen LogP) is 2.39. The molecule has 0 aliphatic heterocycles. The molecule has 1 fully saturated rings. The van der Waals surface area contributed by atoms with Gasteiger partial charge in [-0.2, -0.15) is 0 Å². The van der Waals surface area contributed by atoms with Crippen molar-refractivity contribution in [2.45, 2.75) is 31.3 Å². The highest BCUT2D eigenvalue weighted by Crippen LogP contribution is 2.29. The first-order valence-electron chi connectivity index (χ1n) is 6.26. The number of carboxylic acid groups (broad SMARTS) is 1. The summed E-state index contributed by atoms with van der Waals surface area (Å²) in [6.07, 6.45) is 1.82. The first-order valence-corrected chi connectivity index (χ1v) is 6.26. The number of amides is 1. The van der Waals surface area contributed by atoms with Crippen LogP contribution in [-0.4, -0.2) is 41.9 Å². The fraction of sp³-hybridized carbons (Fsp3) is 0.500. The van der Waals surface area contributed by atoms with Crippen LogP contribution in [0.1, 0.15) is 18.4 Å². The molecule has 0 heterocycles. The Morgan fingerprint density at radius 2 is 2.11 bits per heavy atom. The largest absolute Gasteiger partial charge is 0.465 e. The van der Waals surface area contributed by atoms with Crippen molar-refractivity contribution in [3.63, 3.8) is 0 Å². The molecule has 4 heteroatoms. The van der Waals surface area contributed by atoms with Gasteiger partial charge in [-0.05, 0) is 24.8 Å². The van der Waals surface area contributed by atoms with Gasteiger partial charge in [0.05, 0.1) is 12.6 Å². The predicted molar refractivity (Wildman–Crippen MR) is 68.7 cm³/mol. The van der Waals surface area contributed by atoms with Gasteiger partial charge in [-0.25, -0.2) is 4.79 Å². The molecule has 18 heavy (non-hydrogen) atoms. The van der Waals surface area contributed by atoms with Gasteiger partial charge in [0.15, 0.2) is 0 Å². The van der Waals surface area contributed by atoms with Crippen LogP contribution in [0.5, 0.6) is 0 Å². The van der Waals surface area contributed by atoms with Gasteiger partial charge in [-0.15, -0.1) is 0 Å². The summed E-state index contributed by atoms with van der Waals surface area (Å²) in [6, 6.07) is 10.0. The van der Waals surface area contributed by atoms with E-state index < -0.39 is 6.09 Å². The zero-order chi connectivity index (χ0) is 13.0. The minimum absolute atomic E-state index is 0.0950. The van der Waals surface area contributed by atoms with Gasteiger partial charge in [0, 0.05) is 13.2 Å². The lowest BCUT2D eigenvalue weighted by Crippen LogP contribution is -2.45. The minimum Gasteiger partial charge on any atom is -0.465 e. The molecule has 1 N–H and O–H groups in total. The number of hydrogen-bond donors (Lipinski definition) is 1. The molecule has 1 aliphatic carbocycles. The molecule has 1 atom stereocenters. The van der Waals surface area contributed by atoms with Crippen LogP contribution in [0.15, 0.2) is 30.3 Å². The van der Waals surface area contributed by atoms with Gasteiger partial charge in [0.25, 0.3) is 0 Å². The van der Waals surface area contributed by atoms with E-state index in [2.05, 4.69) is 0 Å². The Morgan fingerprint density at radius 3 is 2.61 bits per heavy atom. The van der Waals surface area contributed by atoms with E-state index in [9.17, 15) is 9.90 Å². The molecule has 0 spiro atoms. The Hall–Kier alpha value is -1.55. The van der Waals surface area contributed by atoms with Crippen LogP contribution in [-0.2, 0) is 11.2 Å². The molecule has 0 radical (unpaired) electrons. The van der Waals surface area contributed by atoms with Crippen LogP contribution in [0.25, 0.3) is 0 Å². The highest BCUT2D eigenvalue weighted by molar-refractivity contribution is 5.66. The van der Waals surface area contributed by atoms with Gasteiger partial charge in [-0.1, -0.05) is 30.3 Å². The number of carbonyl (C=O) groups is 1.